The first kappa shape index (κ1) is 22.5. The number of amides is 2. The lowest BCUT2D eigenvalue weighted by Crippen LogP contribution is -2.30. The fraction of sp³-hybridized carbons (Fsp3) is 0.286. The van der Waals surface area contributed by atoms with Crippen LogP contribution < -0.4 is 15.4 Å². The number of carbonyl (C=O) groups excluding carboxylic acids is 2. The van der Waals surface area contributed by atoms with Crippen molar-refractivity contribution in [3.8, 4) is 5.75 Å². The van der Waals surface area contributed by atoms with Crippen LogP contribution in [0.3, 0.4) is 0 Å². The Morgan fingerprint density at radius 1 is 1.22 bits per heavy atom. The van der Waals surface area contributed by atoms with Gasteiger partial charge in [0.15, 0.2) is 11.5 Å². The monoisotopic (exact) mass is 441 g/mol. The summed E-state index contributed by atoms with van der Waals surface area (Å²) in [7, 11) is 1.60. The second-order valence-electron chi connectivity index (χ2n) is 7.37. The summed E-state index contributed by atoms with van der Waals surface area (Å²) in [6.45, 7) is 4.33. The van der Waals surface area contributed by atoms with Gasteiger partial charge in [0, 0.05) is 19.7 Å². The third-order valence-electron chi connectivity index (χ3n) is 4.39. The van der Waals surface area contributed by atoms with E-state index in [9.17, 15) is 19.7 Å². The Bertz CT molecular complexity index is 1130. The van der Waals surface area contributed by atoms with Gasteiger partial charge in [0.2, 0.25) is 0 Å². The van der Waals surface area contributed by atoms with Gasteiger partial charge in [-0.1, -0.05) is 26.0 Å². The maximum Gasteiger partial charge on any atom is 0.310 e. The Balaban J connectivity index is 1.66. The molecule has 0 aliphatic carbocycles. The molecule has 1 aromatic carbocycles. The van der Waals surface area contributed by atoms with Gasteiger partial charge < -0.3 is 19.8 Å². The van der Waals surface area contributed by atoms with E-state index in [0.29, 0.717) is 12.3 Å². The molecule has 11 nitrogen and oxygen atoms in total. The zero-order valence-electron chi connectivity index (χ0n) is 17.8. The first-order valence-corrected chi connectivity index (χ1v) is 9.82. The smallest absolute Gasteiger partial charge is 0.310 e. The summed E-state index contributed by atoms with van der Waals surface area (Å²) in [6.07, 6.45) is 1.38. The minimum atomic E-state index is -0.576. The van der Waals surface area contributed by atoms with Crippen LogP contribution in [0.5, 0.6) is 5.75 Å². The van der Waals surface area contributed by atoms with Crippen molar-refractivity contribution in [1.29, 1.82) is 0 Å². The quantitative estimate of drug-likeness (QED) is 0.384. The van der Waals surface area contributed by atoms with Gasteiger partial charge in [-0.3, -0.25) is 24.4 Å². The lowest BCUT2D eigenvalue weighted by Gasteiger charge is -2.10. The molecule has 0 radical (unpaired) electrons. The number of hydrogen-bond acceptors (Lipinski definition) is 7. The molecule has 3 rings (SSSR count). The normalized spacial score (nSPS) is 10.8. The third kappa shape index (κ3) is 5.31. The Hall–Kier alpha value is -4.15. The van der Waals surface area contributed by atoms with Crippen LogP contribution >= 0.6 is 0 Å². The maximum atomic E-state index is 12.6. The molecule has 11 heteroatoms. The Morgan fingerprint density at radius 2 is 1.97 bits per heavy atom. The average Bonchev–Trinajstić information content (AvgIpc) is 3.37. The Labute approximate surface area is 183 Å². The number of aromatic nitrogens is 2. The average molecular weight is 441 g/mol. The number of carbonyl (C=O) groups is 2. The number of ether oxygens (including phenoxy) is 1. The number of nitrogens with zero attached hydrogens (tertiary/aromatic N) is 3. The molecule has 0 aliphatic heterocycles. The number of nitro benzene ring substituents is 1. The van der Waals surface area contributed by atoms with Crippen LogP contribution in [0, 0.1) is 16.0 Å². The van der Waals surface area contributed by atoms with Crippen molar-refractivity contribution in [3.63, 3.8) is 0 Å². The van der Waals surface area contributed by atoms with Crippen molar-refractivity contribution in [2.24, 2.45) is 13.0 Å². The van der Waals surface area contributed by atoms with E-state index < -0.39 is 10.8 Å². The summed E-state index contributed by atoms with van der Waals surface area (Å²) in [4.78, 5) is 35.6. The number of nitrogens with one attached hydrogen (secondary N) is 2. The summed E-state index contributed by atoms with van der Waals surface area (Å²) >= 11 is 0. The number of aryl methyl sites for hydroxylation is 1. The highest BCUT2D eigenvalue weighted by Gasteiger charge is 2.21. The second-order valence-corrected chi connectivity index (χ2v) is 7.37. The molecule has 0 unspecified atom stereocenters. The predicted molar refractivity (Wildman–Crippen MR) is 114 cm³/mol. The molecular weight excluding hydrogens is 418 g/mol. The molecule has 0 fully saturated rings. The number of furan rings is 1. The molecule has 2 amide bonds. The predicted octanol–water partition coefficient (Wildman–Crippen LogP) is 3.14. The van der Waals surface area contributed by atoms with Crippen molar-refractivity contribution in [2.75, 3.05) is 11.9 Å². The van der Waals surface area contributed by atoms with Gasteiger partial charge in [-0.25, -0.2) is 0 Å². The number of hydrogen-bond donors (Lipinski definition) is 2. The molecule has 168 valence electrons. The lowest BCUT2D eigenvalue weighted by molar-refractivity contribution is -0.386. The highest BCUT2D eigenvalue weighted by Crippen LogP contribution is 2.27. The van der Waals surface area contributed by atoms with Crippen molar-refractivity contribution in [2.45, 2.75) is 20.5 Å². The second kappa shape index (κ2) is 9.77. The molecule has 0 spiro atoms. The highest BCUT2D eigenvalue weighted by atomic mass is 16.6. The molecule has 0 saturated carbocycles. The number of benzene rings is 1. The van der Waals surface area contributed by atoms with E-state index in [1.54, 1.807) is 13.1 Å². The summed E-state index contributed by atoms with van der Waals surface area (Å²) in [5.41, 5.74) is 0.287. The van der Waals surface area contributed by atoms with Crippen LogP contribution in [0.25, 0.3) is 0 Å². The zero-order chi connectivity index (χ0) is 23.3. The number of rotatable bonds is 9. The molecule has 32 heavy (non-hydrogen) atoms. The number of para-hydroxylation sites is 2. The fourth-order valence-electron chi connectivity index (χ4n) is 2.82. The maximum absolute atomic E-state index is 12.6. The molecule has 0 saturated heterocycles. The van der Waals surface area contributed by atoms with Crippen molar-refractivity contribution in [1.82, 2.24) is 15.1 Å². The lowest BCUT2D eigenvalue weighted by atomic mass is 10.2. The van der Waals surface area contributed by atoms with Gasteiger partial charge in [-0.15, -0.1) is 0 Å². The van der Waals surface area contributed by atoms with Crippen LogP contribution in [0.4, 0.5) is 11.4 Å². The summed E-state index contributed by atoms with van der Waals surface area (Å²) < 4.78 is 12.3. The molecule has 0 atom stereocenters. The van der Waals surface area contributed by atoms with Gasteiger partial charge in [0.05, 0.1) is 16.8 Å². The third-order valence-corrected chi connectivity index (χ3v) is 4.39. The van der Waals surface area contributed by atoms with Gasteiger partial charge in [0.25, 0.3) is 11.8 Å². The van der Waals surface area contributed by atoms with Crippen molar-refractivity contribution < 1.29 is 23.7 Å². The van der Waals surface area contributed by atoms with E-state index in [0.717, 1.165) is 0 Å². The van der Waals surface area contributed by atoms with Crippen LogP contribution in [0.15, 0.2) is 47.0 Å². The Kier molecular flexibility index (Phi) is 6.88. The van der Waals surface area contributed by atoms with Crippen LogP contribution in [-0.2, 0) is 13.7 Å². The van der Waals surface area contributed by atoms with E-state index in [-0.39, 0.29) is 47.0 Å². The van der Waals surface area contributed by atoms with Gasteiger partial charge in [-0.05, 0) is 24.1 Å². The zero-order valence-corrected chi connectivity index (χ0v) is 17.8. The van der Waals surface area contributed by atoms with Crippen LogP contribution in [-0.4, -0.2) is 33.1 Å². The van der Waals surface area contributed by atoms with Crippen molar-refractivity contribution >= 4 is 23.2 Å². The number of anilines is 1. The summed E-state index contributed by atoms with van der Waals surface area (Å²) in [5.74, 6) is -0.281. The van der Waals surface area contributed by atoms with E-state index in [1.165, 1.54) is 41.2 Å². The Morgan fingerprint density at radius 3 is 2.69 bits per heavy atom. The van der Waals surface area contributed by atoms with E-state index in [4.69, 9.17) is 9.15 Å². The van der Waals surface area contributed by atoms with E-state index in [2.05, 4.69) is 15.7 Å². The van der Waals surface area contributed by atoms with E-state index in [1.807, 2.05) is 13.8 Å². The van der Waals surface area contributed by atoms with E-state index >= 15 is 0 Å². The van der Waals surface area contributed by atoms with Gasteiger partial charge in [0.1, 0.15) is 18.1 Å². The van der Waals surface area contributed by atoms with Gasteiger partial charge >= 0.3 is 5.69 Å². The molecular formula is C21H23N5O6. The minimum absolute atomic E-state index is 0.0106. The largest absolute Gasteiger partial charge is 0.479 e. The summed E-state index contributed by atoms with van der Waals surface area (Å²) in [6, 6.07) is 8.94. The molecule has 0 bridgehead atoms. The molecule has 2 aromatic heterocycles. The molecule has 2 heterocycles. The minimum Gasteiger partial charge on any atom is -0.479 e. The van der Waals surface area contributed by atoms with Crippen molar-refractivity contribution in [3.05, 3.63) is 69.9 Å². The molecule has 0 aliphatic rings. The van der Waals surface area contributed by atoms with Gasteiger partial charge in [-0.2, -0.15) is 5.10 Å². The van der Waals surface area contributed by atoms with Crippen LogP contribution in [0.2, 0.25) is 0 Å². The summed E-state index contributed by atoms with van der Waals surface area (Å²) in [5, 5.41) is 20.5. The molecule has 2 N–H and O–H groups in total. The SMILES string of the molecule is CC(C)CNC(=O)c1c(NC(=O)c2ccc(COc3ccccc3[N+](=O)[O-])o2)cnn1C. The topological polar surface area (TPSA) is 142 Å². The standard InChI is InChI=1S/C21H23N5O6/c1-13(2)10-22-21(28)19-15(11-23-25(19)3)24-20(27)18-9-8-14(32-18)12-31-17-7-5-4-6-16(17)26(29)30/h4-9,11,13H,10,12H2,1-3H3,(H,22,28)(H,24,27). The first-order chi connectivity index (χ1) is 15.3. The van der Waals surface area contributed by atoms with Crippen LogP contribution in [0.1, 0.15) is 40.7 Å². The molecule has 3 aromatic rings. The number of nitro groups is 1. The highest BCUT2D eigenvalue weighted by molar-refractivity contribution is 6.07. The first-order valence-electron chi connectivity index (χ1n) is 9.82. The fourth-order valence-corrected chi connectivity index (χ4v) is 2.82.